The monoisotopic (exact) mass is 314 g/mol. The van der Waals surface area contributed by atoms with Crippen LogP contribution in [0, 0.1) is 0 Å². The van der Waals surface area contributed by atoms with Crippen LogP contribution in [0.25, 0.3) is 0 Å². The maximum Gasteiger partial charge on any atom is 0.471 e. The summed E-state index contributed by atoms with van der Waals surface area (Å²) in [5, 5.41) is 3.09. The summed E-state index contributed by atoms with van der Waals surface area (Å²) >= 11 is 0. The molecule has 0 heterocycles. The first-order valence-electron chi connectivity index (χ1n) is 5.32. The van der Waals surface area contributed by atoms with Gasteiger partial charge in [-0.05, 0) is 17.7 Å². The van der Waals surface area contributed by atoms with Crippen molar-refractivity contribution in [3.63, 3.8) is 0 Å². The molecule has 21 heavy (non-hydrogen) atoms. The fourth-order valence-electron chi connectivity index (χ4n) is 1.24. The lowest BCUT2D eigenvalue weighted by Gasteiger charge is -2.10. The van der Waals surface area contributed by atoms with Crippen molar-refractivity contribution in [3.8, 4) is 0 Å². The van der Waals surface area contributed by atoms with Gasteiger partial charge in [-0.15, -0.1) is 0 Å². The lowest BCUT2D eigenvalue weighted by Crippen LogP contribution is -2.36. The summed E-state index contributed by atoms with van der Waals surface area (Å²) in [5.41, 5.74) is -0.163. The molecule has 0 fully saturated rings. The molecule has 0 saturated carbocycles. The fraction of sp³-hybridized carbons (Fsp3) is 0.273. The molecule has 1 aromatic carbocycles. The highest BCUT2D eigenvalue weighted by molar-refractivity contribution is 5.94. The summed E-state index contributed by atoms with van der Waals surface area (Å²) in [7, 11) is 0. The summed E-state index contributed by atoms with van der Waals surface area (Å²) in [6.45, 7) is -0.548. The molecule has 0 atom stereocenters. The Hall–Kier alpha value is -2.26. The molecule has 4 nitrogen and oxygen atoms in total. The highest BCUT2D eigenvalue weighted by Gasteiger charge is 2.39. The SMILES string of the molecule is O=C(NCc1cccc(NC(=O)C(F)(F)F)c1)C(F)(F)F. The van der Waals surface area contributed by atoms with Crippen LogP contribution in [0.5, 0.6) is 0 Å². The molecule has 1 aromatic rings. The van der Waals surface area contributed by atoms with Crippen molar-refractivity contribution in [2.75, 3.05) is 5.32 Å². The Labute approximate surface area is 114 Å². The third kappa shape index (κ3) is 5.32. The van der Waals surface area contributed by atoms with Gasteiger partial charge in [0.25, 0.3) is 0 Å². The Kier molecular flexibility index (Phi) is 4.81. The zero-order chi connectivity index (χ0) is 16.3. The number of carbonyl (C=O) groups is 2. The van der Waals surface area contributed by atoms with Gasteiger partial charge >= 0.3 is 24.2 Å². The van der Waals surface area contributed by atoms with Crippen molar-refractivity contribution in [1.82, 2.24) is 5.32 Å². The van der Waals surface area contributed by atoms with Gasteiger partial charge in [-0.2, -0.15) is 26.3 Å². The van der Waals surface area contributed by atoms with Gasteiger partial charge in [0.1, 0.15) is 0 Å². The van der Waals surface area contributed by atoms with Gasteiger partial charge in [0.05, 0.1) is 0 Å². The minimum Gasteiger partial charge on any atom is -0.344 e. The Morgan fingerprint density at radius 2 is 1.52 bits per heavy atom. The third-order valence-corrected chi connectivity index (χ3v) is 2.15. The average Bonchev–Trinajstić information content (AvgIpc) is 2.34. The van der Waals surface area contributed by atoms with Gasteiger partial charge in [-0.3, -0.25) is 9.59 Å². The van der Waals surface area contributed by atoms with Crippen molar-refractivity contribution in [3.05, 3.63) is 29.8 Å². The Bertz CT molecular complexity index is 538. The number of hydrogen-bond donors (Lipinski definition) is 2. The van der Waals surface area contributed by atoms with Crippen molar-refractivity contribution in [2.24, 2.45) is 0 Å². The molecular weight excluding hydrogens is 306 g/mol. The molecule has 0 saturated heterocycles. The van der Waals surface area contributed by atoms with E-state index >= 15 is 0 Å². The highest BCUT2D eigenvalue weighted by Crippen LogP contribution is 2.19. The Morgan fingerprint density at radius 3 is 2.05 bits per heavy atom. The van der Waals surface area contributed by atoms with Crippen LogP contribution in [0.1, 0.15) is 5.56 Å². The van der Waals surface area contributed by atoms with Gasteiger partial charge in [0, 0.05) is 12.2 Å². The zero-order valence-corrected chi connectivity index (χ0v) is 10.1. The number of halogens is 6. The number of hydrogen-bond acceptors (Lipinski definition) is 2. The molecule has 1 rings (SSSR count). The molecule has 0 aromatic heterocycles. The molecule has 0 spiro atoms. The topological polar surface area (TPSA) is 58.2 Å². The molecule has 0 bridgehead atoms. The van der Waals surface area contributed by atoms with Gasteiger partial charge in [0.15, 0.2) is 0 Å². The predicted molar refractivity (Wildman–Crippen MR) is 59.0 cm³/mol. The molecule has 0 radical (unpaired) electrons. The first-order valence-corrected chi connectivity index (χ1v) is 5.32. The predicted octanol–water partition coefficient (Wildman–Crippen LogP) is 2.37. The molecular formula is C11H8F6N2O2. The second kappa shape index (κ2) is 6.02. The second-order valence-corrected chi connectivity index (χ2v) is 3.83. The number of anilines is 1. The van der Waals surface area contributed by atoms with Crippen LogP contribution < -0.4 is 10.6 Å². The van der Waals surface area contributed by atoms with E-state index in [9.17, 15) is 35.9 Å². The van der Waals surface area contributed by atoms with E-state index in [0.717, 1.165) is 12.1 Å². The van der Waals surface area contributed by atoms with E-state index < -0.39 is 30.7 Å². The van der Waals surface area contributed by atoms with Gasteiger partial charge in [-0.1, -0.05) is 12.1 Å². The van der Waals surface area contributed by atoms with Gasteiger partial charge < -0.3 is 10.6 Å². The summed E-state index contributed by atoms with van der Waals surface area (Å²) in [5.74, 6) is -4.38. The molecule has 0 aliphatic heterocycles. The van der Waals surface area contributed by atoms with Crippen LogP contribution in [-0.2, 0) is 16.1 Å². The quantitative estimate of drug-likeness (QED) is 0.842. The van der Waals surface area contributed by atoms with E-state index in [1.54, 1.807) is 10.6 Å². The van der Waals surface area contributed by atoms with E-state index in [2.05, 4.69) is 0 Å². The fourth-order valence-corrected chi connectivity index (χ4v) is 1.24. The van der Waals surface area contributed by atoms with Gasteiger partial charge in [0.2, 0.25) is 0 Å². The first-order chi connectivity index (χ1) is 9.50. The summed E-state index contributed by atoms with van der Waals surface area (Å²) in [4.78, 5) is 21.3. The summed E-state index contributed by atoms with van der Waals surface area (Å²) in [6, 6.07) is 4.64. The van der Waals surface area contributed by atoms with E-state index in [-0.39, 0.29) is 11.3 Å². The van der Waals surface area contributed by atoms with E-state index in [0.29, 0.717) is 0 Å². The van der Waals surface area contributed by atoms with Crippen molar-refractivity contribution < 1.29 is 35.9 Å². The van der Waals surface area contributed by atoms with Crippen LogP contribution in [0.3, 0.4) is 0 Å². The summed E-state index contributed by atoms with van der Waals surface area (Å²) in [6.07, 6.45) is -10.1. The smallest absolute Gasteiger partial charge is 0.344 e. The van der Waals surface area contributed by atoms with Crippen molar-refractivity contribution in [2.45, 2.75) is 18.9 Å². The maximum absolute atomic E-state index is 12.0. The number of benzene rings is 1. The van der Waals surface area contributed by atoms with Crippen LogP contribution in [0.15, 0.2) is 24.3 Å². The number of nitrogens with one attached hydrogen (secondary N) is 2. The largest absolute Gasteiger partial charge is 0.471 e. The normalized spacial score (nSPS) is 11.9. The lowest BCUT2D eigenvalue weighted by atomic mass is 10.2. The first kappa shape index (κ1) is 16.8. The molecule has 0 aliphatic rings. The number of alkyl halides is 6. The number of amides is 2. The van der Waals surface area contributed by atoms with Crippen LogP contribution in [0.4, 0.5) is 32.0 Å². The average molecular weight is 314 g/mol. The number of carbonyl (C=O) groups excluding carboxylic acids is 2. The Balaban J connectivity index is 2.69. The molecule has 10 heteroatoms. The molecule has 116 valence electrons. The van der Waals surface area contributed by atoms with Crippen LogP contribution in [0.2, 0.25) is 0 Å². The zero-order valence-electron chi connectivity index (χ0n) is 10.1. The second-order valence-electron chi connectivity index (χ2n) is 3.83. The standard InChI is InChI=1S/C11H8F6N2O2/c12-10(13,14)8(20)18-5-6-2-1-3-7(4-6)19-9(21)11(15,16)17/h1-4H,5H2,(H,18,20)(H,19,21). The maximum atomic E-state index is 12.0. The van der Waals surface area contributed by atoms with E-state index in [4.69, 9.17) is 0 Å². The Morgan fingerprint density at radius 1 is 0.952 bits per heavy atom. The third-order valence-electron chi connectivity index (χ3n) is 2.15. The van der Waals surface area contributed by atoms with Gasteiger partial charge in [-0.25, -0.2) is 0 Å². The van der Waals surface area contributed by atoms with Crippen LogP contribution in [-0.4, -0.2) is 24.2 Å². The molecule has 2 N–H and O–H groups in total. The van der Waals surface area contributed by atoms with Crippen molar-refractivity contribution in [1.29, 1.82) is 0 Å². The summed E-state index contributed by atoms with van der Waals surface area (Å²) < 4.78 is 71.9. The molecule has 0 aliphatic carbocycles. The lowest BCUT2D eigenvalue weighted by molar-refractivity contribution is -0.173. The van der Waals surface area contributed by atoms with E-state index in [1.165, 1.54) is 12.1 Å². The minimum atomic E-state index is -5.08. The van der Waals surface area contributed by atoms with Crippen LogP contribution >= 0.6 is 0 Å². The van der Waals surface area contributed by atoms with E-state index in [1.807, 2.05) is 0 Å². The minimum absolute atomic E-state index is 0.0903. The molecule has 2 amide bonds. The number of rotatable bonds is 3. The molecule has 0 unspecified atom stereocenters. The highest BCUT2D eigenvalue weighted by atomic mass is 19.4. The van der Waals surface area contributed by atoms with Crippen molar-refractivity contribution >= 4 is 17.5 Å².